The van der Waals surface area contributed by atoms with Gasteiger partial charge < -0.3 is 5.32 Å². The fraction of sp³-hybridized carbons (Fsp3) is 0.429. The highest BCUT2D eigenvalue weighted by Crippen LogP contribution is 2.21. The maximum atomic E-state index is 4.12. The molecule has 0 spiro atoms. The van der Waals surface area contributed by atoms with Gasteiger partial charge in [0.05, 0.1) is 6.54 Å². The van der Waals surface area contributed by atoms with Gasteiger partial charge in [-0.25, -0.2) is 9.67 Å². The van der Waals surface area contributed by atoms with Crippen LogP contribution in [0.1, 0.15) is 18.4 Å². The van der Waals surface area contributed by atoms with Crippen molar-refractivity contribution in [3.05, 3.63) is 42.5 Å². The minimum atomic E-state index is 0.641. The van der Waals surface area contributed by atoms with Crippen LogP contribution >= 0.6 is 11.8 Å². The number of benzene rings is 1. The summed E-state index contributed by atoms with van der Waals surface area (Å²) in [6, 6.07) is 9.27. The zero-order valence-electron chi connectivity index (χ0n) is 10.8. The van der Waals surface area contributed by atoms with Crippen LogP contribution in [0.25, 0.3) is 0 Å². The summed E-state index contributed by atoms with van der Waals surface area (Å²) < 4.78 is 1.83. The highest BCUT2D eigenvalue weighted by Gasteiger charge is 2.12. The van der Waals surface area contributed by atoms with E-state index in [1.54, 1.807) is 12.7 Å². The monoisotopic (exact) mass is 274 g/mol. The van der Waals surface area contributed by atoms with Gasteiger partial charge in [-0.2, -0.15) is 16.9 Å². The summed E-state index contributed by atoms with van der Waals surface area (Å²) in [6.45, 7) is 0.778. The molecule has 1 aliphatic heterocycles. The van der Waals surface area contributed by atoms with E-state index in [1.165, 1.54) is 35.6 Å². The number of anilines is 1. The van der Waals surface area contributed by atoms with Crippen LogP contribution in [0.3, 0.4) is 0 Å². The SMILES string of the molecule is c1ncn(Cc2ccc(NC3CCSCC3)cc2)n1. The van der Waals surface area contributed by atoms with E-state index in [-0.39, 0.29) is 0 Å². The molecule has 0 bridgehead atoms. The lowest BCUT2D eigenvalue weighted by Gasteiger charge is -2.23. The fourth-order valence-corrected chi connectivity index (χ4v) is 3.39. The molecular formula is C14H18N4S. The van der Waals surface area contributed by atoms with Crippen LogP contribution in [-0.2, 0) is 6.54 Å². The number of hydrogen-bond donors (Lipinski definition) is 1. The molecule has 0 radical (unpaired) electrons. The Kier molecular flexibility index (Phi) is 4.03. The molecule has 0 amide bonds. The van der Waals surface area contributed by atoms with E-state index < -0.39 is 0 Å². The molecular weight excluding hydrogens is 256 g/mol. The smallest absolute Gasteiger partial charge is 0.137 e. The van der Waals surface area contributed by atoms with Crippen molar-refractivity contribution < 1.29 is 0 Å². The van der Waals surface area contributed by atoms with Gasteiger partial charge in [0.15, 0.2) is 0 Å². The quantitative estimate of drug-likeness (QED) is 0.930. The van der Waals surface area contributed by atoms with Gasteiger partial charge in [0.1, 0.15) is 12.7 Å². The van der Waals surface area contributed by atoms with Crippen LogP contribution < -0.4 is 5.32 Å². The molecule has 0 unspecified atom stereocenters. The standard InChI is InChI=1S/C14H18N4S/c1-3-13(17-14-5-7-19-8-6-14)4-2-12(1)9-18-11-15-10-16-18/h1-4,10-11,14,17H,5-9H2. The molecule has 1 fully saturated rings. The number of hydrogen-bond acceptors (Lipinski definition) is 4. The van der Waals surface area contributed by atoms with Crippen molar-refractivity contribution in [3.8, 4) is 0 Å². The Morgan fingerprint density at radius 3 is 2.68 bits per heavy atom. The van der Waals surface area contributed by atoms with E-state index in [9.17, 15) is 0 Å². The number of thioether (sulfide) groups is 1. The van der Waals surface area contributed by atoms with Crippen molar-refractivity contribution in [1.29, 1.82) is 0 Å². The van der Waals surface area contributed by atoms with E-state index in [0.29, 0.717) is 6.04 Å². The molecule has 1 aromatic carbocycles. The molecule has 1 aromatic heterocycles. The third kappa shape index (κ3) is 3.50. The number of aromatic nitrogens is 3. The van der Waals surface area contributed by atoms with E-state index in [4.69, 9.17) is 0 Å². The van der Waals surface area contributed by atoms with Gasteiger partial charge in [0.2, 0.25) is 0 Å². The maximum absolute atomic E-state index is 4.12. The van der Waals surface area contributed by atoms with Crippen molar-refractivity contribution in [2.45, 2.75) is 25.4 Å². The van der Waals surface area contributed by atoms with Crippen LogP contribution in [0, 0.1) is 0 Å². The third-order valence-corrected chi connectivity index (χ3v) is 4.41. The van der Waals surface area contributed by atoms with Crippen molar-refractivity contribution in [1.82, 2.24) is 14.8 Å². The first kappa shape index (κ1) is 12.5. The van der Waals surface area contributed by atoms with Crippen molar-refractivity contribution in [2.75, 3.05) is 16.8 Å². The van der Waals surface area contributed by atoms with E-state index in [2.05, 4.69) is 51.4 Å². The summed E-state index contributed by atoms with van der Waals surface area (Å²) in [5.41, 5.74) is 2.47. The molecule has 3 rings (SSSR count). The number of nitrogens with zero attached hydrogens (tertiary/aromatic N) is 3. The Balaban J connectivity index is 1.58. The molecule has 1 aliphatic rings. The zero-order chi connectivity index (χ0) is 12.9. The summed E-state index contributed by atoms with van der Waals surface area (Å²) in [5.74, 6) is 2.56. The van der Waals surface area contributed by atoms with Gasteiger partial charge in [0, 0.05) is 11.7 Å². The summed E-state index contributed by atoms with van der Waals surface area (Å²) in [6.07, 6.45) is 5.85. The predicted molar refractivity (Wildman–Crippen MR) is 79.5 cm³/mol. The summed E-state index contributed by atoms with van der Waals surface area (Å²) in [7, 11) is 0. The molecule has 5 heteroatoms. The molecule has 2 aromatic rings. The van der Waals surface area contributed by atoms with Crippen molar-refractivity contribution in [3.63, 3.8) is 0 Å². The first-order chi connectivity index (χ1) is 9.40. The van der Waals surface area contributed by atoms with Gasteiger partial charge in [-0.3, -0.25) is 0 Å². The van der Waals surface area contributed by atoms with Gasteiger partial charge in [-0.15, -0.1) is 0 Å². The molecule has 0 saturated carbocycles. The molecule has 19 heavy (non-hydrogen) atoms. The Bertz CT molecular complexity index is 489. The molecule has 4 nitrogen and oxygen atoms in total. The highest BCUT2D eigenvalue weighted by molar-refractivity contribution is 7.99. The minimum absolute atomic E-state index is 0.641. The normalized spacial score (nSPS) is 16.4. The summed E-state index contributed by atoms with van der Waals surface area (Å²) >= 11 is 2.06. The van der Waals surface area contributed by atoms with Gasteiger partial charge in [-0.1, -0.05) is 12.1 Å². The average molecular weight is 274 g/mol. The molecule has 100 valence electrons. The van der Waals surface area contributed by atoms with Gasteiger partial charge >= 0.3 is 0 Å². The first-order valence-corrected chi connectivity index (χ1v) is 7.81. The van der Waals surface area contributed by atoms with E-state index >= 15 is 0 Å². The highest BCUT2D eigenvalue weighted by atomic mass is 32.2. The fourth-order valence-electron chi connectivity index (χ4n) is 2.29. The Hall–Kier alpha value is -1.49. The summed E-state index contributed by atoms with van der Waals surface area (Å²) in [4.78, 5) is 3.95. The van der Waals surface area contributed by atoms with Crippen LogP contribution in [0.2, 0.25) is 0 Å². The lowest BCUT2D eigenvalue weighted by atomic mass is 10.1. The topological polar surface area (TPSA) is 42.7 Å². The average Bonchev–Trinajstić information content (AvgIpc) is 2.95. The van der Waals surface area contributed by atoms with E-state index in [1.807, 2.05) is 4.68 Å². The van der Waals surface area contributed by atoms with Crippen LogP contribution in [0.5, 0.6) is 0 Å². The first-order valence-electron chi connectivity index (χ1n) is 6.66. The van der Waals surface area contributed by atoms with Crippen LogP contribution in [0.4, 0.5) is 5.69 Å². The predicted octanol–water partition coefficient (Wildman–Crippen LogP) is 2.63. The Morgan fingerprint density at radius 1 is 1.21 bits per heavy atom. The van der Waals surface area contributed by atoms with Crippen molar-refractivity contribution >= 4 is 17.4 Å². The zero-order valence-corrected chi connectivity index (χ0v) is 11.6. The second kappa shape index (κ2) is 6.10. The Morgan fingerprint density at radius 2 is 2.00 bits per heavy atom. The second-order valence-corrected chi connectivity index (χ2v) is 6.05. The minimum Gasteiger partial charge on any atom is -0.382 e. The van der Waals surface area contributed by atoms with Gasteiger partial charge in [-0.05, 0) is 42.0 Å². The lowest BCUT2D eigenvalue weighted by Crippen LogP contribution is -2.24. The maximum Gasteiger partial charge on any atom is 0.137 e. The largest absolute Gasteiger partial charge is 0.382 e. The van der Waals surface area contributed by atoms with Crippen LogP contribution in [0.15, 0.2) is 36.9 Å². The lowest BCUT2D eigenvalue weighted by molar-refractivity contribution is 0.666. The number of rotatable bonds is 4. The molecule has 0 atom stereocenters. The number of nitrogens with one attached hydrogen (secondary N) is 1. The van der Waals surface area contributed by atoms with Crippen molar-refractivity contribution in [2.24, 2.45) is 0 Å². The van der Waals surface area contributed by atoms with Crippen LogP contribution in [-0.4, -0.2) is 32.3 Å². The second-order valence-electron chi connectivity index (χ2n) is 4.82. The molecule has 2 heterocycles. The molecule has 1 saturated heterocycles. The third-order valence-electron chi connectivity index (χ3n) is 3.36. The molecule has 0 aliphatic carbocycles. The van der Waals surface area contributed by atoms with Gasteiger partial charge in [0.25, 0.3) is 0 Å². The molecule has 1 N–H and O–H groups in total. The van der Waals surface area contributed by atoms with E-state index in [0.717, 1.165) is 6.54 Å². The summed E-state index contributed by atoms with van der Waals surface area (Å²) in [5, 5.41) is 7.73. The Labute approximate surface area is 117 Å².